The number of rotatable bonds is 5. The molecule has 0 aliphatic rings. The van der Waals surface area contributed by atoms with Crippen LogP contribution in [0.15, 0.2) is 54.2 Å². The van der Waals surface area contributed by atoms with Crippen molar-refractivity contribution in [2.75, 3.05) is 7.05 Å². The van der Waals surface area contributed by atoms with E-state index in [0.29, 0.717) is 11.3 Å². The second-order valence-corrected chi connectivity index (χ2v) is 2.36. The fourth-order valence-corrected chi connectivity index (χ4v) is 0.796. The second kappa shape index (κ2) is 6.60. The van der Waals surface area contributed by atoms with Crippen LogP contribution in [0.1, 0.15) is 0 Å². The van der Waals surface area contributed by atoms with E-state index in [1.165, 1.54) is 12.2 Å². The molecule has 1 amide bonds. The van der Waals surface area contributed by atoms with Crippen LogP contribution in [0, 0.1) is 0 Å². The minimum absolute atomic E-state index is 0.288. The summed E-state index contributed by atoms with van der Waals surface area (Å²) in [5, 5.41) is 2.59. The van der Waals surface area contributed by atoms with Gasteiger partial charge in [0, 0.05) is 24.5 Å². The van der Waals surface area contributed by atoms with Crippen LogP contribution < -0.4 is 5.32 Å². The molecule has 0 saturated carbocycles. The monoisotopic (exact) mass is 190 g/mol. The third-order valence-electron chi connectivity index (χ3n) is 1.45. The highest BCUT2D eigenvalue weighted by molar-refractivity contribution is 5.91. The van der Waals surface area contributed by atoms with Crippen LogP contribution in [0.25, 0.3) is 0 Å². The Kier molecular flexibility index (Phi) is 5.70. The van der Waals surface area contributed by atoms with Gasteiger partial charge in [-0.25, -0.2) is 0 Å². The molecule has 3 nitrogen and oxygen atoms in total. The normalized spacial score (nSPS) is 11.8. The van der Waals surface area contributed by atoms with Gasteiger partial charge in [0.25, 0.3) is 0 Å². The summed E-state index contributed by atoms with van der Waals surface area (Å²) in [5.41, 5.74) is 1.27. The maximum Gasteiger partial charge on any atom is 0.247 e. The summed E-state index contributed by atoms with van der Waals surface area (Å²) in [6, 6.07) is 0. The van der Waals surface area contributed by atoms with Crippen molar-refractivity contribution in [2.24, 2.45) is 4.99 Å². The van der Waals surface area contributed by atoms with Crippen LogP contribution in [-0.2, 0) is 4.79 Å². The van der Waals surface area contributed by atoms with Gasteiger partial charge in [-0.1, -0.05) is 25.8 Å². The van der Waals surface area contributed by atoms with Gasteiger partial charge in [0.1, 0.15) is 0 Å². The first-order valence-corrected chi connectivity index (χ1v) is 4.04. The summed E-state index contributed by atoms with van der Waals surface area (Å²) >= 11 is 0. The Balaban J connectivity index is 4.97. The summed E-state index contributed by atoms with van der Waals surface area (Å²) in [6.45, 7) is 10.5. The Morgan fingerprint density at radius 1 is 1.21 bits per heavy atom. The van der Waals surface area contributed by atoms with Gasteiger partial charge in [0.15, 0.2) is 0 Å². The Morgan fingerprint density at radius 3 is 2.21 bits per heavy atom. The lowest BCUT2D eigenvalue weighted by Gasteiger charge is -2.05. The topological polar surface area (TPSA) is 41.5 Å². The summed E-state index contributed by atoms with van der Waals surface area (Å²) in [7, 11) is 1.64. The summed E-state index contributed by atoms with van der Waals surface area (Å²) in [6.07, 6.45) is 5.90. The van der Waals surface area contributed by atoms with Crippen molar-refractivity contribution in [1.82, 2.24) is 5.32 Å². The number of aliphatic imine (C=N–C) groups is 1. The Bertz CT molecular complexity index is 311. The molecule has 14 heavy (non-hydrogen) atoms. The molecule has 0 heterocycles. The summed E-state index contributed by atoms with van der Waals surface area (Å²) in [4.78, 5) is 14.8. The molecular formula is C11H14N2O. The first-order valence-electron chi connectivity index (χ1n) is 4.04. The quantitative estimate of drug-likeness (QED) is 0.399. The molecule has 0 saturated heterocycles. The minimum Gasteiger partial charge on any atom is -0.322 e. The van der Waals surface area contributed by atoms with Crippen LogP contribution in [-0.4, -0.2) is 19.2 Å². The molecular weight excluding hydrogens is 176 g/mol. The summed E-state index contributed by atoms with van der Waals surface area (Å²) in [5.74, 6) is -0.288. The van der Waals surface area contributed by atoms with Crippen molar-refractivity contribution in [3.05, 3.63) is 49.2 Å². The number of nitrogens with zero attached hydrogens (tertiary/aromatic N) is 1. The van der Waals surface area contributed by atoms with E-state index in [4.69, 9.17) is 0 Å². The highest BCUT2D eigenvalue weighted by Gasteiger charge is 2.00. The highest BCUT2D eigenvalue weighted by Crippen LogP contribution is 2.01. The van der Waals surface area contributed by atoms with E-state index in [1.807, 2.05) is 0 Å². The number of amides is 1. The molecule has 0 aliphatic heterocycles. The second-order valence-electron chi connectivity index (χ2n) is 2.36. The van der Waals surface area contributed by atoms with E-state index < -0.39 is 0 Å². The highest BCUT2D eigenvalue weighted by atomic mass is 16.1. The van der Waals surface area contributed by atoms with E-state index in [0.717, 1.165) is 0 Å². The lowest BCUT2D eigenvalue weighted by atomic mass is 10.2. The molecule has 0 spiro atoms. The number of carbonyl (C=O) groups excluding carboxylic acids is 1. The van der Waals surface area contributed by atoms with E-state index in [2.05, 4.69) is 30.0 Å². The van der Waals surface area contributed by atoms with Gasteiger partial charge in [-0.05, 0) is 12.2 Å². The van der Waals surface area contributed by atoms with Gasteiger partial charge in [0.05, 0.1) is 0 Å². The van der Waals surface area contributed by atoms with Crippen LogP contribution in [0.3, 0.4) is 0 Å². The van der Waals surface area contributed by atoms with Gasteiger partial charge >= 0.3 is 0 Å². The van der Waals surface area contributed by atoms with Gasteiger partial charge < -0.3 is 5.32 Å². The molecule has 0 atom stereocenters. The molecule has 0 aromatic carbocycles. The first kappa shape index (κ1) is 12.1. The Labute approximate surface area is 84.2 Å². The number of allylic oxidation sites excluding steroid dienone is 3. The predicted octanol–water partition coefficient (Wildman–Crippen LogP) is 1.62. The van der Waals surface area contributed by atoms with E-state index in [-0.39, 0.29) is 5.91 Å². The number of hydrogen-bond donors (Lipinski definition) is 1. The number of hydrogen-bond acceptors (Lipinski definition) is 2. The van der Waals surface area contributed by atoms with Crippen molar-refractivity contribution >= 4 is 12.1 Å². The molecule has 1 N–H and O–H groups in total. The third-order valence-corrected chi connectivity index (χ3v) is 1.45. The molecule has 0 aromatic heterocycles. The average molecular weight is 190 g/mol. The zero-order valence-electron chi connectivity index (χ0n) is 8.29. The van der Waals surface area contributed by atoms with Crippen molar-refractivity contribution in [3.63, 3.8) is 0 Å². The molecule has 3 heteroatoms. The molecule has 0 bridgehead atoms. The van der Waals surface area contributed by atoms with E-state index >= 15 is 0 Å². The van der Waals surface area contributed by atoms with Gasteiger partial charge in [-0.3, -0.25) is 9.79 Å². The fourth-order valence-electron chi connectivity index (χ4n) is 0.796. The molecule has 0 unspecified atom stereocenters. The maximum absolute atomic E-state index is 11.0. The molecule has 0 aliphatic carbocycles. The Morgan fingerprint density at radius 2 is 1.86 bits per heavy atom. The number of carbonyl (C=O) groups is 1. The van der Waals surface area contributed by atoms with E-state index in [1.54, 1.807) is 19.3 Å². The molecule has 0 aromatic rings. The lowest BCUT2D eigenvalue weighted by molar-refractivity contribution is -0.115. The fraction of sp³-hybridized carbons (Fsp3) is 0.0909. The first-order chi connectivity index (χ1) is 6.69. The zero-order valence-corrected chi connectivity index (χ0v) is 8.29. The van der Waals surface area contributed by atoms with Gasteiger partial charge in [0.2, 0.25) is 5.91 Å². The smallest absolute Gasteiger partial charge is 0.247 e. The largest absolute Gasteiger partial charge is 0.322 e. The molecule has 0 radical (unpaired) electrons. The van der Waals surface area contributed by atoms with E-state index in [9.17, 15) is 4.79 Å². The molecule has 0 rings (SSSR count). The Hall–Kier alpha value is -1.90. The third kappa shape index (κ3) is 3.67. The van der Waals surface area contributed by atoms with Crippen molar-refractivity contribution in [1.29, 1.82) is 0 Å². The molecule has 74 valence electrons. The standard InChI is InChI=1S/C11H14N2O/c1-5-9(8-12-4)10(6-2)13-11(14)7-3/h5-8H,1-3H2,4H3,(H,13,14)/b10-9+,12-8?. The van der Waals surface area contributed by atoms with Crippen LogP contribution in [0.4, 0.5) is 0 Å². The van der Waals surface area contributed by atoms with Crippen LogP contribution in [0.5, 0.6) is 0 Å². The van der Waals surface area contributed by atoms with Gasteiger partial charge in [-0.2, -0.15) is 0 Å². The maximum atomic E-state index is 11.0. The summed E-state index contributed by atoms with van der Waals surface area (Å²) < 4.78 is 0. The zero-order chi connectivity index (χ0) is 11.0. The average Bonchev–Trinajstić information content (AvgIpc) is 2.22. The van der Waals surface area contributed by atoms with Crippen LogP contribution in [0.2, 0.25) is 0 Å². The molecule has 0 fully saturated rings. The van der Waals surface area contributed by atoms with Gasteiger partial charge in [-0.15, -0.1) is 0 Å². The van der Waals surface area contributed by atoms with Crippen molar-refractivity contribution < 1.29 is 4.79 Å². The SMILES string of the molecule is C=CC(=O)N/C(C=C)=C(\C=C)C=NC. The lowest BCUT2D eigenvalue weighted by Crippen LogP contribution is -2.20. The van der Waals surface area contributed by atoms with Crippen LogP contribution >= 0.6 is 0 Å². The van der Waals surface area contributed by atoms with Crippen molar-refractivity contribution in [2.45, 2.75) is 0 Å². The number of nitrogens with one attached hydrogen (secondary N) is 1. The minimum atomic E-state index is -0.288. The van der Waals surface area contributed by atoms with Crippen molar-refractivity contribution in [3.8, 4) is 0 Å². The predicted molar refractivity (Wildman–Crippen MR) is 60.2 cm³/mol.